The highest BCUT2D eigenvalue weighted by molar-refractivity contribution is 5.28. The molecule has 0 radical (unpaired) electrons. The first-order valence-corrected chi connectivity index (χ1v) is 8.36. The predicted octanol–water partition coefficient (Wildman–Crippen LogP) is 2.55. The summed E-state index contributed by atoms with van der Waals surface area (Å²) in [6, 6.07) is 7.47. The molecule has 0 saturated carbocycles. The lowest BCUT2D eigenvalue weighted by Crippen LogP contribution is -2.51. The standard InChI is InChI=1S/C18H31N3/c1-4-5-18(13-19)21-8-6-20(7-9-21)14-17-11-15(2)10-16(3)12-17/h10-12,18H,4-9,13-14,19H2,1-3H3. The van der Waals surface area contributed by atoms with E-state index in [9.17, 15) is 0 Å². The van der Waals surface area contributed by atoms with Crippen LogP contribution in [-0.4, -0.2) is 48.6 Å². The summed E-state index contributed by atoms with van der Waals surface area (Å²) in [5.41, 5.74) is 10.1. The van der Waals surface area contributed by atoms with Crippen molar-refractivity contribution in [3.8, 4) is 0 Å². The molecule has 0 amide bonds. The van der Waals surface area contributed by atoms with Crippen molar-refractivity contribution in [2.24, 2.45) is 5.73 Å². The summed E-state index contributed by atoms with van der Waals surface area (Å²) in [5, 5.41) is 0. The molecule has 1 heterocycles. The molecule has 1 unspecified atom stereocenters. The highest BCUT2D eigenvalue weighted by Gasteiger charge is 2.22. The van der Waals surface area contributed by atoms with Gasteiger partial charge in [0.1, 0.15) is 0 Å². The van der Waals surface area contributed by atoms with Gasteiger partial charge in [0, 0.05) is 45.3 Å². The second-order valence-corrected chi connectivity index (χ2v) is 6.49. The fourth-order valence-corrected chi connectivity index (χ4v) is 3.49. The minimum atomic E-state index is 0.582. The third-order valence-corrected chi connectivity index (χ3v) is 4.50. The van der Waals surface area contributed by atoms with Gasteiger partial charge in [0.15, 0.2) is 0 Å². The number of aryl methyl sites for hydroxylation is 2. The van der Waals surface area contributed by atoms with Gasteiger partial charge in [-0.3, -0.25) is 9.80 Å². The van der Waals surface area contributed by atoms with Gasteiger partial charge in [-0.05, 0) is 25.8 Å². The zero-order valence-electron chi connectivity index (χ0n) is 13.9. The van der Waals surface area contributed by atoms with Crippen LogP contribution < -0.4 is 5.73 Å². The van der Waals surface area contributed by atoms with Crippen LogP contribution in [0.4, 0.5) is 0 Å². The predicted molar refractivity (Wildman–Crippen MR) is 90.5 cm³/mol. The molecule has 1 aliphatic heterocycles. The molecule has 0 spiro atoms. The molecule has 21 heavy (non-hydrogen) atoms. The van der Waals surface area contributed by atoms with E-state index in [2.05, 4.69) is 48.8 Å². The number of rotatable bonds is 6. The Balaban J connectivity index is 1.86. The van der Waals surface area contributed by atoms with Crippen LogP contribution >= 0.6 is 0 Å². The number of nitrogens with two attached hydrogens (primary N) is 1. The molecule has 118 valence electrons. The monoisotopic (exact) mass is 289 g/mol. The van der Waals surface area contributed by atoms with E-state index in [0.29, 0.717) is 6.04 Å². The first-order chi connectivity index (χ1) is 10.1. The summed E-state index contributed by atoms with van der Waals surface area (Å²) in [6.45, 7) is 13.1. The van der Waals surface area contributed by atoms with Crippen molar-refractivity contribution in [1.29, 1.82) is 0 Å². The van der Waals surface area contributed by atoms with E-state index in [0.717, 1.165) is 39.3 Å². The average molecular weight is 289 g/mol. The van der Waals surface area contributed by atoms with Crippen molar-refractivity contribution in [3.63, 3.8) is 0 Å². The van der Waals surface area contributed by atoms with Crippen molar-refractivity contribution in [1.82, 2.24) is 9.80 Å². The summed E-state index contributed by atoms with van der Waals surface area (Å²) >= 11 is 0. The van der Waals surface area contributed by atoms with E-state index in [-0.39, 0.29) is 0 Å². The summed E-state index contributed by atoms with van der Waals surface area (Å²) in [4.78, 5) is 5.16. The van der Waals surface area contributed by atoms with Gasteiger partial charge in [0.05, 0.1) is 0 Å². The number of benzene rings is 1. The van der Waals surface area contributed by atoms with Gasteiger partial charge < -0.3 is 5.73 Å². The van der Waals surface area contributed by atoms with E-state index in [4.69, 9.17) is 5.73 Å². The van der Waals surface area contributed by atoms with Crippen LogP contribution in [0.2, 0.25) is 0 Å². The highest BCUT2D eigenvalue weighted by Crippen LogP contribution is 2.15. The molecular formula is C18H31N3. The van der Waals surface area contributed by atoms with Gasteiger partial charge in [-0.1, -0.05) is 42.7 Å². The topological polar surface area (TPSA) is 32.5 Å². The second kappa shape index (κ2) is 7.92. The van der Waals surface area contributed by atoms with E-state index >= 15 is 0 Å². The highest BCUT2D eigenvalue weighted by atomic mass is 15.3. The Hall–Kier alpha value is -0.900. The Kier molecular flexibility index (Phi) is 6.22. The van der Waals surface area contributed by atoms with Gasteiger partial charge in [0.2, 0.25) is 0 Å². The Morgan fingerprint density at radius 1 is 1.05 bits per heavy atom. The Morgan fingerprint density at radius 3 is 2.19 bits per heavy atom. The number of nitrogens with zero attached hydrogens (tertiary/aromatic N) is 2. The lowest BCUT2D eigenvalue weighted by Gasteiger charge is -2.39. The first-order valence-electron chi connectivity index (χ1n) is 8.36. The number of piperazine rings is 1. The second-order valence-electron chi connectivity index (χ2n) is 6.49. The lowest BCUT2D eigenvalue weighted by atomic mass is 10.1. The molecule has 3 nitrogen and oxygen atoms in total. The Bertz CT molecular complexity index is 416. The van der Waals surface area contributed by atoms with E-state index in [1.807, 2.05) is 0 Å². The van der Waals surface area contributed by atoms with Crippen LogP contribution in [0.5, 0.6) is 0 Å². The van der Waals surface area contributed by atoms with Gasteiger partial charge in [-0.15, -0.1) is 0 Å². The van der Waals surface area contributed by atoms with E-state index < -0.39 is 0 Å². The van der Waals surface area contributed by atoms with Gasteiger partial charge in [-0.25, -0.2) is 0 Å². The first kappa shape index (κ1) is 16.5. The van der Waals surface area contributed by atoms with Crippen LogP contribution in [-0.2, 0) is 6.54 Å². The Morgan fingerprint density at radius 2 is 1.67 bits per heavy atom. The zero-order valence-corrected chi connectivity index (χ0v) is 13.9. The maximum absolute atomic E-state index is 5.93. The quantitative estimate of drug-likeness (QED) is 0.873. The number of hydrogen-bond donors (Lipinski definition) is 1. The Labute approximate surface area is 130 Å². The largest absolute Gasteiger partial charge is 0.329 e. The minimum absolute atomic E-state index is 0.582. The van der Waals surface area contributed by atoms with Gasteiger partial charge >= 0.3 is 0 Å². The zero-order chi connectivity index (χ0) is 15.2. The molecule has 1 aromatic rings. The molecule has 2 N–H and O–H groups in total. The van der Waals surface area contributed by atoms with Crippen molar-refractivity contribution < 1.29 is 0 Å². The molecular weight excluding hydrogens is 258 g/mol. The fraction of sp³-hybridized carbons (Fsp3) is 0.667. The molecule has 0 aromatic heterocycles. The maximum atomic E-state index is 5.93. The van der Waals surface area contributed by atoms with E-state index in [1.54, 1.807) is 0 Å². The fourth-order valence-electron chi connectivity index (χ4n) is 3.49. The lowest BCUT2D eigenvalue weighted by molar-refractivity contribution is 0.0905. The van der Waals surface area contributed by atoms with Gasteiger partial charge in [-0.2, -0.15) is 0 Å². The molecule has 1 saturated heterocycles. The molecule has 1 aliphatic rings. The smallest absolute Gasteiger partial charge is 0.0235 e. The minimum Gasteiger partial charge on any atom is -0.329 e. The molecule has 0 aliphatic carbocycles. The summed E-state index contributed by atoms with van der Waals surface area (Å²) in [7, 11) is 0. The molecule has 0 bridgehead atoms. The van der Waals surface area contributed by atoms with Crippen molar-refractivity contribution in [2.75, 3.05) is 32.7 Å². The third kappa shape index (κ3) is 4.80. The number of hydrogen-bond acceptors (Lipinski definition) is 3. The van der Waals surface area contributed by atoms with Crippen LogP contribution in [0.3, 0.4) is 0 Å². The van der Waals surface area contributed by atoms with E-state index in [1.165, 1.54) is 29.5 Å². The molecule has 3 heteroatoms. The molecule has 1 aromatic carbocycles. The summed E-state index contributed by atoms with van der Waals surface area (Å²) in [6.07, 6.45) is 2.46. The van der Waals surface area contributed by atoms with Gasteiger partial charge in [0.25, 0.3) is 0 Å². The normalized spacial score (nSPS) is 18.9. The average Bonchev–Trinajstić information content (AvgIpc) is 2.45. The summed E-state index contributed by atoms with van der Waals surface area (Å²) < 4.78 is 0. The van der Waals surface area contributed by atoms with Crippen molar-refractivity contribution in [2.45, 2.75) is 46.2 Å². The molecule has 1 atom stereocenters. The van der Waals surface area contributed by atoms with Crippen LogP contribution in [0.25, 0.3) is 0 Å². The SMILES string of the molecule is CCCC(CN)N1CCN(Cc2cc(C)cc(C)c2)CC1. The van der Waals surface area contributed by atoms with Crippen molar-refractivity contribution >= 4 is 0 Å². The third-order valence-electron chi connectivity index (χ3n) is 4.50. The maximum Gasteiger partial charge on any atom is 0.0235 e. The molecule has 1 fully saturated rings. The van der Waals surface area contributed by atoms with Crippen molar-refractivity contribution in [3.05, 3.63) is 34.9 Å². The van der Waals surface area contributed by atoms with Crippen LogP contribution in [0.15, 0.2) is 18.2 Å². The van der Waals surface area contributed by atoms with Crippen LogP contribution in [0, 0.1) is 13.8 Å². The molecule has 2 rings (SSSR count). The summed E-state index contributed by atoms with van der Waals surface area (Å²) in [5.74, 6) is 0. The van der Waals surface area contributed by atoms with Crippen LogP contribution in [0.1, 0.15) is 36.5 Å².